The third-order valence-corrected chi connectivity index (χ3v) is 4.78. The number of rotatable bonds is 3. The Morgan fingerprint density at radius 2 is 2.11 bits per heavy atom. The summed E-state index contributed by atoms with van der Waals surface area (Å²) < 4.78 is 49.8. The van der Waals surface area contributed by atoms with E-state index in [1.165, 1.54) is 6.92 Å². The van der Waals surface area contributed by atoms with Gasteiger partial charge in [-0.25, -0.2) is 22.3 Å². The Balaban J connectivity index is 2.36. The molecule has 4 nitrogen and oxygen atoms in total. The minimum atomic E-state index is -3.74. The molecule has 0 amide bonds. The molecule has 1 aromatic rings. The first-order chi connectivity index (χ1) is 8.80. The van der Waals surface area contributed by atoms with Crippen molar-refractivity contribution in [3.8, 4) is 0 Å². The van der Waals surface area contributed by atoms with E-state index in [0.717, 1.165) is 24.6 Å². The van der Waals surface area contributed by atoms with E-state index in [4.69, 9.17) is 5.14 Å². The summed E-state index contributed by atoms with van der Waals surface area (Å²) in [4.78, 5) is 1.60. The molecule has 0 radical (unpaired) electrons. The van der Waals surface area contributed by atoms with Crippen LogP contribution in [0.1, 0.15) is 31.4 Å². The highest BCUT2D eigenvalue weighted by Crippen LogP contribution is 2.35. The summed E-state index contributed by atoms with van der Waals surface area (Å²) in [6.07, 6.45) is 1.31. The van der Waals surface area contributed by atoms with Crippen LogP contribution >= 0.6 is 0 Å². The van der Waals surface area contributed by atoms with Crippen molar-refractivity contribution < 1.29 is 17.2 Å². The van der Waals surface area contributed by atoms with Gasteiger partial charge in [-0.15, -0.1) is 0 Å². The highest BCUT2D eigenvalue weighted by molar-refractivity contribution is 7.89. The molecular formula is C12H16F2N2O2S. The van der Waals surface area contributed by atoms with Crippen molar-refractivity contribution in [2.75, 3.05) is 6.54 Å². The number of halogens is 2. The van der Waals surface area contributed by atoms with Gasteiger partial charge in [0.25, 0.3) is 0 Å². The quantitative estimate of drug-likeness (QED) is 0.922. The van der Waals surface area contributed by atoms with E-state index >= 15 is 0 Å². The zero-order valence-electron chi connectivity index (χ0n) is 10.5. The van der Waals surface area contributed by atoms with E-state index < -0.39 is 33.1 Å². The third-order valence-electron chi connectivity index (χ3n) is 3.55. The Morgan fingerprint density at radius 1 is 1.42 bits per heavy atom. The van der Waals surface area contributed by atoms with E-state index in [9.17, 15) is 17.2 Å². The number of sulfonamides is 1. The fourth-order valence-electron chi connectivity index (χ4n) is 2.52. The van der Waals surface area contributed by atoms with Crippen molar-refractivity contribution in [2.45, 2.75) is 31.2 Å². The van der Waals surface area contributed by atoms with Crippen LogP contribution in [0.5, 0.6) is 0 Å². The first-order valence-electron chi connectivity index (χ1n) is 6.03. The van der Waals surface area contributed by atoms with Crippen molar-refractivity contribution >= 4 is 10.0 Å². The summed E-state index contributed by atoms with van der Waals surface area (Å²) in [6, 6.07) is 2.77. The molecule has 1 aliphatic heterocycles. The lowest BCUT2D eigenvalue weighted by atomic mass is 10.0. The van der Waals surface area contributed by atoms with Crippen LogP contribution in [0.4, 0.5) is 8.78 Å². The number of hydrogen-bond donors (Lipinski definition) is 1. The molecule has 0 spiro atoms. The highest BCUT2D eigenvalue weighted by Gasteiger charge is 2.35. The molecule has 106 valence electrons. The second-order valence-corrected chi connectivity index (χ2v) is 6.61. The van der Waals surface area contributed by atoms with Crippen LogP contribution < -0.4 is 5.14 Å². The molecule has 0 bridgehead atoms. The zero-order valence-corrected chi connectivity index (χ0v) is 11.3. The van der Waals surface area contributed by atoms with E-state index in [1.807, 2.05) is 0 Å². The standard InChI is InChI=1S/C12H16F2N2O2S/c1-8(19(15,17)18)16-6-2-3-12(16)10-7-9(13)4-5-11(10)14/h4-5,7-8,12H,2-3,6H2,1H3,(H2,15,17,18)/t8?,12-/m1/s1. The smallest absolute Gasteiger partial charge is 0.225 e. The van der Waals surface area contributed by atoms with Gasteiger partial charge in [0.2, 0.25) is 10.0 Å². The first-order valence-corrected chi connectivity index (χ1v) is 7.64. The summed E-state index contributed by atoms with van der Waals surface area (Å²) in [5.74, 6) is -1.06. The molecule has 1 heterocycles. The molecule has 2 atom stereocenters. The number of hydrogen-bond acceptors (Lipinski definition) is 3. The van der Waals surface area contributed by atoms with E-state index in [2.05, 4.69) is 0 Å². The summed E-state index contributed by atoms with van der Waals surface area (Å²) in [5.41, 5.74) is 0.188. The van der Waals surface area contributed by atoms with E-state index in [-0.39, 0.29) is 5.56 Å². The molecule has 0 aromatic heterocycles. The Kier molecular flexibility index (Phi) is 3.89. The molecule has 1 aliphatic rings. The van der Waals surface area contributed by atoms with Gasteiger partial charge in [0.05, 0.1) is 0 Å². The summed E-state index contributed by atoms with van der Waals surface area (Å²) in [7, 11) is -3.74. The summed E-state index contributed by atoms with van der Waals surface area (Å²) in [5, 5.41) is 4.22. The van der Waals surface area contributed by atoms with Crippen LogP contribution in [0.3, 0.4) is 0 Å². The van der Waals surface area contributed by atoms with Crippen molar-refractivity contribution in [3.05, 3.63) is 35.4 Å². The fraction of sp³-hybridized carbons (Fsp3) is 0.500. The lowest BCUT2D eigenvalue weighted by Gasteiger charge is -2.29. The predicted octanol–water partition coefficient (Wildman–Crippen LogP) is 1.74. The number of primary sulfonamides is 1. The Hall–Kier alpha value is -1.05. The predicted molar refractivity (Wildman–Crippen MR) is 67.6 cm³/mol. The molecule has 0 saturated carbocycles. The minimum Gasteiger partial charge on any atom is -0.279 e. The lowest BCUT2D eigenvalue weighted by Crippen LogP contribution is -2.42. The van der Waals surface area contributed by atoms with Crippen molar-refractivity contribution in [1.82, 2.24) is 4.90 Å². The average Bonchev–Trinajstić information content (AvgIpc) is 2.78. The maximum Gasteiger partial charge on any atom is 0.225 e. The van der Waals surface area contributed by atoms with Crippen LogP contribution in [-0.2, 0) is 10.0 Å². The van der Waals surface area contributed by atoms with E-state index in [1.54, 1.807) is 4.90 Å². The molecule has 1 unspecified atom stereocenters. The van der Waals surface area contributed by atoms with Gasteiger partial charge in [0.1, 0.15) is 17.0 Å². The van der Waals surface area contributed by atoms with E-state index in [0.29, 0.717) is 13.0 Å². The third kappa shape index (κ3) is 2.93. The van der Waals surface area contributed by atoms with Gasteiger partial charge in [-0.3, -0.25) is 4.90 Å². The van der Waals surface area contributed by atoms with Gasteiger partial charge in [0, 0.05) is 18.2 Å². The number of likely N-dealkylation sites (tertiary alicyclic amines) is 1. The Bertz CT molecular complexity index is 577. The van der Waals surface area contributed by atoms with Crippen molar-refractivity contribution in [3.63, 3.8) is 0 Å². The molecule has 2 rings (SSSR count). The first kappa shape index (κ1) is 14.4. The van der Waals surface area contributed by atoms with Gasteiger partial charge in [0.15, 0.2) is 0 Å². The second-order valence-electron chi connectivity index (χ2n) is 4.75. The van der Waals surface area contributed by atoms with Gasteiger partial charge < -0.3 is 0 Å². The average molecular weight is 290 g/mol. The number of nitrogens with zero attached hydrogens (tertiary/aromatic N) is 1. The molecule has 1 aromatic carbocycles. The summed E-state index contributed by atoms with van der Waals surface area (Å²) in [6.45, 7) is 1.96. The summed E-state index contributed by atoms with van der Waals surface area (Å²) >= 11 is 0. The van der Waals surface area contributed by atoms with Crippen LogP contribution in [0, 0.1) is 11.6 Å². The van der Waals surface area contributed by atoms with Crippen LogP contribution in [-0.4, -0.2) is 25.2 Å². The SMILES string of the molecule is CC(N1CCC[C@@H]1c1cc(F)ccc1F)S(N)(=O)=O. The van der Waals surface area contributed by atoms with Crippen LogP contribution in [0.25, 0.3) is 0 Å². The van der Waals surface area contributed by atoms with Gasteiger partial charge in [-0.05, 0) is 38.0 Å². The molecule has 1 fully saturated rings. The fourth-order valence-corrected chi connectivity index (χ4v) is 3.15. The van der Waals surface area contributed by atoms with Gasteiger partial charge in [-0.2, -0.15) is 0 Å². The zero-order chi connectivity index (χ0) is 14.2. The molecule has 1 saturated heterocycles. The molecular weight excluding hydrogens is 274 g/mol. The van der Waals surface area contributed by atoms with Crippen molar-refractivity contribution in [1.29, 1.82) is 0 Å². The second kappa shape index (κ2) is 5.15. The molecule has 7 heteroatoms. The van der Waals surface area contributed by atoms with Crippen LogP contribution in [0.15, 0.2) is 18.2 Å². The Labute approximate surface area is 111 Å². The molecule has 2 N–H and O–H groups in total. The maximum absolute atomic E-state index is 13.8. The number of benzene rings is 1. The van der Waals surface area contributed by atoms with Gasteiger partial charge in [-0.1, -0.05) is 0 Å². The lowest BCUT2D eigenvalue weighted by molar-refractivity contribution is 0.236. The topological polar surface area (TPSA) is 63.4 Å². The largest absolute Gasteiger partial charge is 0.279 e. The monoisotopic (exact) mass is 290 g/mol. The molecule has 0 aliphatic carbocycles. The Morgan fingerprint density at radius 3 is 2.74 bits per heavy atom. The molecule has 19 heavy (non-hydrogen) atoms. The normalized spacial score (nSPS) is 22.6. The minimum absolute atomic E-state index is 0.188. The maximum atomic E-state index is 13.8. The highest BCUT2D eigenvalue weighted by atomic mass is 32.2. The van der Waals surface area contributed by atoms with Crippen LogP contribution in [0.2, 0.25) is 0 Å². The number of nitrogens with two attached hydrogens (primary N) is 1. The van der Waals surface area contributed by atoms with Crippen molar-refractivity contribution in [2.24, 2.45) is 5.14 Å². The van der Waals surface area contributed by atoms with Gasteiger partial charge >= 0.3 is 0 Å².